The Kier molecular flexibility index (Phi) is 3.43. The van der Waals surface area contributed by atoms with Crippen LogP contribution in [0, 0.1) is 6.92 Å². The molecule has 2 aromatic heterocycles. The second-order valence-corrected chi connectivity index (χ2v) is 6.85. The highest BCUT2D eigenvalue weighted by Gasteiger charge is 2.19. The summed E-state index contributed by atoms with van der Waals surface area (Å²) in [7, 11) is 0. The van der Waals surface area contributed by atoms with Gasteiger partial charge < -0.3 is 10.2 Å². The molecule has 2 heterocycles. The maximum absolute atomic E-state index is 6.27. The summed E-state index contributed by atoms with van der Waals surface area (Å²) in [6.07, 6.45) is 0. The molecule has 0 saturated heterocycles. The fourth-order valence-electron chi connectivity index (χ4n) is 2.15. The SMILES string of the molecule is Cc1c(C(N)c2csc(Cl)c2)oc2cc(Br)ccc12. The molecule has 0 radical (unpaired) electrons. The topological polar surface area (TPSA) is 39.2 Å². The number of hydrogen-bond acceptors (Lipinski definition) is 3. The summed E-state index contributed by atoms with van der Waals surface area (Å²) >= 11 is 10.9. The zero-order valence-electron chi connectivity index (χ0n) is 10.1. The van der Waals surface area contributed by atoms with E-state index in [1.165, 1.54) is 11.3 Å². The Bertz CT molecular complexity index is 749. The van der Waals surface area contributed by atoms with Crippen molar-refractivity contribution in [2.75, 3.05) is 0 Å². The average molecular weight is 357 g/mol. The van der Waals surface area contributed by atoms with Crippen molar-refractivity contribution in [2.24, 2.45) is 5.73 Å². The van der Waals surface area contributed by atoms with E-state index in [2.05, 4.69) is 15.9 Å². The molecule has 19 heavy (non-hydrogen) atoms. The first kappa shape index (κ1) is 13.2. The molecule has 0 amide bonds. The molecule has 0 bridgehead atoms. The van der Waals surface area contributed by atoms with Crippen LogP contribution in [0.5, 0.6) is 0 Å². The normalized spacial score (nSPS) is 13.1. The Hall–Kier alpha value is -0.810. The molecule has 3 aromatic rings. The summed E-state index contributed by atoms with van der Waals surface area (Å²) in [5.74, 6) is 0.794. The summed E-state index contributed by atoms with van der Waals surface area (Å²) in [6.45, 7) is 2.03. The fraction of sp³-hybridized carbons (Fsp3) is 0.143. The molecule has 1 aromatic carbocycles. The van der Waals surface area contributed by atoms with Gasteiger partial charge in [0.1, 0.15) is 11.3 Å². The highest BCUT2D eigenvalue weighted by Crippen LogP contribution is 2.34. The standard InChI is InChI=1S/C14H11BrClNOS/c1-7-10-3-2-9(15)5-11(10)18-14(7)13(17)8-4-12(16)19-6-8/h2-6,13H,17H2,1H3. The van der Waals surface area contributed by atoms with Gasteiger partial charge in [0, 0.05) is 15.4 Å². The first-order chi connectivity index (χ1) is 9.06. The lowest BCUT2D eigenvalue weighted by Crippen LogP contribution is -2.10. The number of nitrogens with two attached hydrogens (primary N) is 1. The number of aryl methyl sites for hydroxylation is 1. The smallest absolute Gasteiger partial charge is 0.135 e. The van der Waals surface area contributed by atoms with E-state index in [4.69, 9.17) is 21.8 Å². The zero-order valence-corrected chi connectivity index (χ0v) is 13.3. The van der Waals surface area contributed by atoms with Crippen LogP contribution in [0.2, 0.25) is 4.34 Å². The quantitative estimate of drug-likeness (QED) is 0.679. The second kappa shape index (κ2) is 4.94. The van der Waals surface area contributed by atoms with Gasteiger partial charge in [0.15, 0.2) is 0 Å². The highest BCUT2D eigenvalue weighted by molar-refractivity contribution is 9.10. The summed E-state index contributed by atoms with van der Waals surface area (Å²) < 4.78 is 7.64. The van der Waals surface area contributed by atoms with E-state index in [1.807, 2.05) is 36.6 Å². The van der Waals surface area contributed by atoms with Crippen LogP contribution in [0.15, 0.2) is 38.5 Å². The molecule has 0 spiro atoms. The van der Waals surface area contributed by atoms with Crippen molar-refractivity contribution in [3.63, 3.8) is 0 Å². The second-order valence-electron chi connectivity index (χ2n) is 4.39. The predicted molar refractivity (Wildman–Crippen MR) is 84.0 cm³/mol. The highest BCUT2D eigenvalue weighted by atomic mass is 79.9. The van der Waals surface area contributed by atoms with Gasteiger partial charge in [-0.2, -0.15) is 0 Å². The van der Waals surface area contributed by atoms with E-state index in [-0.39, 0.29) is 6.04 Å². The van der Waals surface area contributed by atoms with Crippen molar-refractivity contribution >= 4 is 49.8 Å². The van der Waals surface area contributed by atoms with Gasteiger partial charge in [0.05, 0.1) is 10.4 Å². The van der Waals surface area contributed by atoms with Crippen molar-refractivity contribution in [3.05, 3.63) is 55.3 Å². The number of furan rings is 1. The molecule has 5 heteroatoms. The van der Waals surface area contributed by atoms with Crippen molar-refractivity contribution in [1.29, 1.82) is 0 Å². The van der Waals surface area contributed by atoms with Gasteiger partial charge in [0.2, 0.25) is 0 Å². The molecular formula is C14H11BrClNOS. The lowest BCUT2D eigenvalue weighted by atomic mass is 10.0. The Morgan fingerprint density at radius 1 is 1.37 bits per heavy atom. The molecule has 0 aliphatic heterocycles. The molecular weight excluding hydrogens is 346 g/mol. The van der Waals surface area contributed by atoms with Crippen LogP contribution < -0.4 is 5.73 Å². The number of hydrogen-bond donors (Lipinski definition) is 1. The van der Waals surface area contributed by atoms with E-state index in [9.17, 15) is 0 Å². The first-order valence-electron chi connectivity index (χ1n) is 5.74. The van der Waals surface area contributed by atoms with Crippen LogP contribution in [0.1, 0.15) is 22.9 Å². The molecule has 98 valence electrons. The van der Waals surface area contributed by atoms with E-state index in [1.54, 1.807) is 0 Å². The van der Waals surface area contributed by atoms with Gasteiger partial charge in [-0.15, -0.1) is 11.3 Å². The van der Waals surface area contributed by atoms with Crippen molar-refractivity contribution < 1.29 is 4.42 Å². The molecule has 1 atom stereocenters. The average Bonchev–Trinajstić information content (AvgIpc) is 2.93. The van der Waals surface area contributed by atoms with Gasteiger partial charge in [-0.1, -0.05) is 27.5 Å². The van der Waals surface area contributed by atoms with Crippen molar-refractivity contribution in [3.8, 4) is 0 Å². The molecule has 1 unspecified atom stereocenters. The molecule has 3 rings (SSSR count). The van der Waals surface area contributed by atoms with E-state index < -0.39 is 0 Å². The van der Waals surface area contributed by atoms with Crippen LogP contribution in [-0.2, 0) is 0 Å². The Morgan fingerprint density at radius 3 is 2.84 bits per heavy atom. The third-order valence-electron chi connectivity index (χ3n) is 3.17. The molecule has 2 nitrogen and oxygen atoms in total. The third-order valence-corrected chi connectivity index (χ3v) is 4.77. The summed E-state index contributed by atoms with van der Waals surface area (Å²) in [4.78, 5) is 0. The molecule has 0 fully saturated rings. The predicted octanol–water partition coefficient (Wildman–Crippen LogP) is 5.27. The van der Waals surface area contributed by atoms with E-state index in [0.717, 1.165) is 36.7 Å². The number of halogens is 2. The lowest BCUT2D eigenvalue weighted by Gasteiger charge is -2.07. The minimum Gasteiger partial charge on any atom is -0.459 e. The molecule has 0 aliphatic carbocycles. The van der Waals surface area contributed by atoms with Gasteiger partial charge in [0.25, 0.3) is 0 Å². The largest absolute Gasteiger partial charge is 0.459 e. The molecule has 2 N–H and O–H groups in total. The maximum atomic E-state index is 6.27. The van der Waals surface area contributed by atoms with Gasteiger partial charge in [-0.25, -0.2) is 0 Å². The lowest BCUT2D eigenvalue weighted by molar-refractivity contribution is 0.521. The van der Waals surface area contributed by atoms with Gasteiger partial charge in [-0.05, 0) is 42.1 Å². The Labute approximate surface area is 128 Å². The Morgan fingerprint density at radius 2 is 2.16 bits per heavy atom. The minimum atomic E-state index is -0.282. The minimum absolute atomic E-state index is 0.282. The molecule has 0 aliphatic rings. The zero-order chi connectivity index (χ0) is 13.6. The fourth-order valence-corrected chi connectivity index (χ4v) is 3.42. The number of rotatable bonds is 2. The Balaban J connectivity index is 2.12. The van der Waals surface area contributed by atoms with Crippen LogP contribution in [0.3, 0.4) is 0 Å². The van der Waals surface area contributed by atoms with Crippen LogP contribution >= 0.6 is 38.9 Å². The summed E-state index contributed by atoms with van der Waals surface area (Å²) in [5.41, 5.74) is 9.18. The maximum Gasteiger partial charge on any atom is 0.135 e. The van der Waals surface area contributed by atoms with E-state index in [0.29, 0.717) is 0 Å². The number of benzene rings is 1. The van der Waals surface area contributed by atoms with Crippen molar-refractivity contribution in [2.45, 2.75) is 13.0 Å². The van der Waals surface area contributed by atoms with Crippen LogP contribution in [0.4, 0.5) is 0 Å². The summed E-state index contributed by atoms with van der Waals surface area (Å²) in [5, 5.41) is 3.06. The number of thiophene rings is 1. The van der Waals surface area contributed by atoms with Crippen molar-refractivity contribution in [1.82, 2.24) is 0 Å². The third kappa shape index (κ3) is 2.34. The number of fused-ring (bicyclic) bond motifs is 1. The first-order valence-corrected chi connectivity index (χ1v) is 7.79. The van der Waals surface area contributed by atoms with E-state index >= 15 is 0 Å². The summed E-state index contributed by atoms with van der Waals surface area (Å²) in [6, 6.07) is 7.60. The molecule has 0 saturated carbocycles. The van der Waals surface area contributed by atoms with Gasteiger partial charge >= 0.3 is 0 Å². The monoisotopic (exact) mass is 355 g/mol. The van der Waals surface area contributed by atoms with Crippen LogP contribution in [0.25, 0.3) is 11.0 Å². The van der Waals surface area contributed by atoms with Gasteiger partial charge in [-0.3, -0.25) is 0 Å². The van der Waals surface area contributed by atoms with Crippen LogP contribution in [-0.4, -0.2) is 0 Å².